The Morgan fingerprint density at radius 2 is 2.14 bits per heavy atom. The van der Waals surface area contributed by atoms with Crippen LogP contribution in [0.4, 0.5) is 0 Å². The van der Waals surface area contributed by atoms with E-state index in [2.05, 4.69) is 19.8 Å². The predicted molar refractivity (Wildman–Crippen MR) is 82.6 cm³/mol. The van der Waals surface area contributed by atoms with Gasteiger partial charge in [-0.05, 0) is 31.0 Å². The summed E-state index contributed by atoms with van der Waals surface area (Å²) in [6.45, 7) is 2.44. The van der Waals surface area contributed by atoms with Crippen LogP contribution in [0.3, 0.4) is 0 Å². The highest BCUT2D eigenvalue weighted by atomic mass is 32.2. The molecule has 1 saturated heterocycles. The van der Waals surface area contributed by atoms with Crippen molar-refractivity contribution in [3.63, 3.8) is 0 Å². The molecule has 2 aromatic rings. The van der Waals surface area contributed by atoms with Crippen molar-refractivity contribution >= 4 is 10.0 Å². The van der Waals surface area contributed by atoms with Crippen molar-refractivity contribution in [1.82, 2.24) is 19.8 Å². The Kier molecular flexibility index (Phi) is 4.32. The molecule has 22 heavy (non-hydrogen) atoms. The second-order valence-electron chi connectivity index (χ2n) is 5.68. The Hall–Kier alpha value is -1.64. The quantitative estimate of drug-likeness (QED) is 0.862. The van der Waals surface area contributed by atoms with E-state index in [0.717, 1.165) is 49.7 Å². The zero-order chi connectivity index (χ0) is 15.6. The van der Waals surface area contributed by atoms with Crippen LogP contribution in [0.15, 0.2) is 28.8 Å². The summed E-state index contributed by atoms with van der Waals surface area (Å²) in [6, 6.07) is 5.81. The SMILES string of the molecule is CS(=O)(=O)NC1CCN(Cc2ccc(-c3ccn[nH]3)o2)CC1. The molecule has 3 heterocycles. The maximum Gasteiger partial charge on any atom is 0.208 e. The first kappa shape index (κ1) is 15.3. The summed E-state index contributed by atoms with van der Waals surface area (Å²) in [4.78, 5) is 2.27. The summed E-state index contributed by atoms with van der Waals surface area (Å²) in [7, 11) is -3.12. The Bertz CT molecular complexity index is 700. The number of H-pyrrole nitrogens is 1. The molecule has 0 radical (unpaired) electrons. The van der Waals surface area contributed by atoms with Crippen LogP contribution in [0.2, 0.25) is 0 Å². The van der Waals surface area contributed by atoms with E-state index in [1.165, 1.54) is 6.26 Å². The average Bonchev–Trinajstić information content (AvgIpc) is 3.10. The number of hydrogen-bond acceptors (Lipinski definition) is 5. The molecule has 120 valence electrons. The van der Waals surface area contributed by atoms with Gasteiger partial charge in [-0.1, -0.05) is 0 Å². The number of aromatic amines is 1. The van der Waals surface area contributed by atoms with Crippen LogP contribution in [0.5, 0.6) is 0 Å². The van der Waals surface area contributed by atoms with Gasteiger partial charge in [-0.25, -0.2) is 13.1 Å². The molecule has 7 nitrogen and oxygen atoms in total. The second-order valence-corrected chi connectivity index (χ2v) is 7.46. The monoisotopic (exact) mass is 324 g/mol. The van der Waals surface area contributed by atoms with Crippen LogP contribution in [0.1, 0.15) is 18.6 Å². The Balaban J connectivity index is 1.53. The van der Waals surface area contributed by atoms with E-state index in [1.54, 1.807) is 6.20 Å². The third kappa shape index (κ3) is 3.96. The first-order chi connectivity index (χ1) is 10.5. The maximum atomic E-state index is 11.2. The highest BCUT2D eigenvalue weighted by Crippen LogP contribution is 2.21. The van der Waals surface area contributed by atoms with E-state index >= 15 is 0 Å². The van der Waals surface area contributed by atoms with Crippen LogP contribution in [0, 0.1) is 0 Å². The molecule has 0 bridgehead atoms. The van der Waals surface area contributed by atoms with Crippen molar-refractivity contribution in [3.8, 4) is 11.5 Å². The van der Waals surface area contributed by atoms with Crippen molar-refractivity contribution in [2.24, 2.45) is 0 Å². The number of aromatic nitrogens is 2. The lowest BCUT2D eigenvalue weighted by Gasteiger charge is -2.31. The highest BCUT2D eigenvalue weighted by molar-refractivity contribution is 7.88. The van der Waals surface area contributed by atoms with E-state index in [9.17, 15) is 8.42 Å². The topological polar surface area (TPSA) is 91.2 Å². The molecule has 0 unspecified atom stereocenters. The van der Waals surface area contributed by atoms with Gasteiger partial charge in [-0.15, -0.1) is 0 Å². The molecule has 3 rings (SSSR count). The highest BCUT2D eigenvalue weighted by Gasteiger charge is 2.22. The van der Waals surface area contributed by atoms with E-state index in [0.29, 0.717) is 0 Å². The van der Waals surface area contributed by atoms with Gasteiger partial charge in [0, 0.05) is 25.3 Å². The van der Waals surface area contributed by atoms with Crippen molar-refractivity contribution < 1.29 is 12.8 Å². The lowest BCUT2D eigenvalue weighted by molar-refractivity contribution is 0.187. The Morgan fingerprint density at radius 3 is 2.77 bits per heavy atom. The number of furan rings is 1. The van der Waals surface area contributed by atoms with Gasteiger partial charge >= 0.3 is 0 Å². The first-order valence-electron chi connectivity index (χ1n) is 7.28. The van der Waals surface area contributed by atoms with Crippen LogP contribution in [0.25, 0.3) is 11.5 Å². The maximum absolute atomic E-state index is 11.2. The number of piperidine rings is 1. The third-order valence-corrected chi connectivity index (χ3v) is 4.54. The van der Waals surface area contributed by atoms with Crippen LogP contribution >= 0.6 is 0 Å². The van der Waals surface area contributed by atoms with Crippen LogP contribution in [-0.4, -0.2) is 48.9 Å². The summed E-state index contributed by atoms with van der Waals surface area (Å²) in [6.07, 6.45) is 4.54. The summed E-state index contributed by atoms with van der Waals surface area (Å²) in [5.74, 6) is 1.68. The lowest BCUT2D eigenvalue weighted by Crippen LogP contribution is -2.43. The first-order valence-corrected chi connectivity index (χ1v) is 9.17. The fourth-order valence-corrected chi connectivity index (χ4v) is 3.57. The molecule has 1 aliphatic rings. The molecule has 0 aliphatic carbocycles. The fraction of sp³-hybridized carbons (Fsp3) is 0.500. The second kappa shape index (κ2) is 6.23. The van der Waals surface area contributed by atoms with Gasteiger partial charge in [0.25, 0.3) is 0 Å². The Labute approximate surface area is 129 Å². The molecule has 0 aromatic carbocycles. The number of nitrogens with one attached hydrogen (secondary N) is 2. The minimum atomic E-state index is -3.12. The van der Waals surface area contributed by atoms with E-state index in [4.69, 9.17) is 4.42 Å². The molecule has 0 atom stereocenters. The van der Waals surface area contributed by atoms with Gasteiger partial charge in [0.2, 0.25) is 10.0 Å². The zero-order valence-corrected chi connectivity index (χ0v) is 13.3. The fourth-order valence-electron chi connectivity index (χ4n) is 2.73. The largest absolute Gasteiger partial charge is 0.458 e. The number of sulfonamides is 1. The van der Waals surface area contributed by atoms with Crippen molar-refractivity contribution in [3.05, 3.63) is 30.2 Å². The van der Waals surface area contributed by atoms with Crippen LogP contribution < -0.4 is 4.72 Å². The average molecular weight is 324 g/mol. The molecule has 0 amide bonds. The van der Waals surface area contributed by atoms with Crippen molar-refractivity contribution in [2.75, 3.05) is 19.3 Å². The number of likely N-dealkylation sites (tertiary alicyclic amines) is 1. The number of hydrogen-bond donors (Lipinski definition) is 2. The van der Waals surface area contributed by atoms with Gasteiger partial charge in [-0.3, -0.25) is 10.00 Å². The summed E-state index contributed by atoms with van der Waals surface area (Å²) < 4.78 is 31.0. The third-order valence-electron chi connectivity index (χ3n) is 3.78. The normalized spacial score (nSPS) is 17.9. The molecule has 0 saturated carbocycles. The molecule has 2 N–H and O–H groups in total. The molecule has 1 fully saturated rings. The van der Waals surface area contributed by atoms with Gasteiger partial charge < -0.3 is 4.42 Å². The minimum Gasteiger partial charge on any atom is -0.458 e. The summed E-state index contributed by atoms with van der Waals surface area (Å²) >= 11 is 0. The molecule has 1 aliphatic heterocycles. The molecule has 0 spiro atoms. The molecule has 8 heteroatoms. The van der Waals surface area contributed by atoms with Crippen molar-refractivity contribution in [1.29, 1.82) is 0 Å². The van der Waals surface area contributed by atoms with E-state index < -0.39 is 10.0 Å². The van der Waals surface area contributed by atoms with Crippen molar-refractivity contribution in [2.45, 2.75) is 25.4 Å². The molecule has 2 aromatic heterocycles. The molecular formula is C14H20N4O3S. The lowest BCUT2D eigenvalue weighted by atomic mass is 10.1. The minimum absolute atomic E-state index is 0.0448. The van der Waals surface area contributed by atoms with Gasteiger partial charge in [0.1, 0.15) is 11.5 Å². The van der Waals surface area contributed by atoms with E-state index in [-0.39, 0.29) is 6.04 Å². The molecular weight excluding hydrogens is 304 g/mol. The summed E-state index contributed by atoms with van der Waals surface area (Å²) in [5.41, 5.74) is 0.863. The predicted octanol–water partition coefficient (Wildman–Crippen LogP) is 1.18. The van der Waals surface area contributed by atoms with Gasteiger partial charge in [-0.2, -0.15) is 5.10 Å². The number of nitrogens with zero attached hydrogens (tertiary/aromatic N) is 2. The number of rotatable bonds is 5. The zero-order valence-electron chi connectivity index (χ0n) is 12.4. The van der Waals surface area contributed by atoms with E-state index in [1.807, 2.05) is 18.2 Å². The van der Waals surface area contributed by atoms with Gasteiger partial charge in [0.15, 0.2) is 5.76 Å². The smallest absolute Gasteiger partial charge is 0.208 e. The van der Waals surface area contributed by atoms with Gasteiger partial charge in [0.05, 0.1) is 12.8 Å². The van der Waals surface area contributed by atoms with Crippen LogP contribution in [-0.2, 0) is 16.6 Å². The summed E-state index contributed by atoms with van der Waals surface area (Å²) in [5, 5.41) is 6.78. The standard InChI is InChI=1S/C14H20N4O3S/c1-22(19,20)17-11-5-8-18(9-6-11)10-12-2-3-14(21-12)13-4-7-15-16-13/h2-4,7,11,17H,5-6,8-10H2,1H3,(H,15,16). The Morgan fingerprint density at radius 1 is 1.36 bits per heavy atom.